The van der Waals surface area contributed by atoms with Gasteiger partial charge in [0.05, 0.1) is 18.3 Å². The number of fused-ring (bicyclic) bond motifs is 1. The summed E-state index contributed by atoms with van der Waals surface area (Å²) in [5.41, 5.74) is 3.76. The van der Waals surface area contributed by atoms with Crippen LogP contribution >= 0.6 is 0 Å². The normalized spacial score (nSPS) is 14.1. The van der Waals surface area contributed by atoms with Gasteiger partial charge in [0, 0.05) is 25.8 Å². The Morgan fingerprint density at radius 1 is 1.32 bits per heavy atom. The van der Waals surface area contributed by atoms with Crippen LogP contribution in [0, 0.1) is 0 Å². The van der Waals surface area contributed by atoms with E-state index in [0.717, 1.165) is 18.5 Å². The van der Waals surface area contributed by atoms with E-state index in [4.69, 9.17) is 4.74 Å². The highest BCUT2D eigenvalue weighted by atomic mass is 16.5. The molecule has 0 aliphatic carbocycles. The maximum Gasteiger partial charge on any atom is 0.255 e. The minimum absolute atomic E-state index is 0.161. The lowest BCUT2D eigenvalue weighted by atomic mass is 10.0. The Morgan fingerprint density at radius 3 is 2.92 bits per heavy atom. The number of ether oxygens (including phenoxy) is 1. The predicted molar refractivity (Wildman–Crippen MR) is 98.3 cm³/mol. The summed E-state index contributed by atoms with van der Waals surface area (Å²) in [7, 11) is 2.07. The molecule has 1 atom stereocenters. The number of amides is 1. The fourth-order valence-electron chi connectivity index (χ4n) is 3.13. The molecule has 2 aromatic rings. The molecule has 0 fully saturated rings. The van der Waals surface area contributed by atoms with Gasteiger partial charge in [-0.15, -0.1) is 0 Å². The Morgan fingerprint density at radius 2 is 2.12 bits per heavy atom. The van der Waals surface area contributed by atoms with E-state index >= 15 is 0 Å². The average molecular weight is 340 g/mol. The van der Waals surface area contributed by atoms with Crippen molar-refractivity contribution in [2.75, 3.05) is 31.6 Å². The molecule has 1 aliphatic heterocycles. The van der Waals surface area contributed by atoms with Crippen LogP contribution in [0.4, 0.5) is 5.69 Å². The number of aliphatic hydroxyl groups excluding tert-OH is 1. The van der Waals surface area contributed by atoms with Crippen molar-refractivity contribution >= 4 is 11.6 Å². The molecule has 0 bridgehead atoms. The van der Waals surface area contributed by atoms with Crippen LogP contribution in [0.5, 0.6) is 5.75 Å². The number of aliphatic hydroxyl groups is 1. The van der Waals surface area contributed by atoms with Crippen molar-refractivity contribution in [3.63, 3.8) is 0 Å². The fourth-order valence-corrected chi connectivity index (χ4v) is 3.13. The van der Waals surface area contributed by atoms with Crippen LogP contribution in [0.3, 0.4) is 0 Å². The number of hydrogen-bond acceptors (Lipinski definition) is 4. The van der Waals surface area contributed by atoms with Crippen molar-refractivity contribution < 1.29 is 14.6 Å². The van der Waals surface area contributed by atoms with Crippen LogP contribution < -0.4 is 15.0 Å². The van der Waals surface area contributed by atoms with E-state index in [0.29, 0.717) is 17.9 Å². The number of rotatable bonds is 6. The van der Waals surface area contributed by atoms with E-state index in [2.05, 4.69) is 17.3 Å². The van der Waals surface area contributed by atoms with Crippen LogP contribution in [-0.4, -0.2) is 37.8 Å². The van der Waals surface area contributed by atoms with Crippen LogP contribution in [0.1, 0.15) is 34.5 Å². The molecule has 0 saturated heterocycles. The van der Waals surface area contributed by atoms with Gasteiger partial charge in [0.25, 0.3) is 5.91 Å². The minimum Gasteiger partial charge on any atom is -0.493 e. The van der Waals surface area contributed by atoms with E-state index in [1.165, 1.54) is 11.3 Å². The van der Waals surface area contributed by atoms with E-state index < -0.39 is 6.10 Å². The lowest BCUT2D eigenvalue weighted by molar-refractivity contribution is 0.0912. The molecule has 1 amide bonds. The Kier molecular flexibility index (Phi) is 5.24. The van der Waals surface area contributed by atoms with Gasteiger partial charge in [0.2, 0.25) is 0 Å². The Hall–Kier alpha value is -2.53. The minimum atomic E-state index is -0.737. The third-order valence-corrected chi connectivity index (χ3v) is 4.50. The largest absolute Gasteiger partial charge is 0.493 e. The molecule has 132 valence electrons. The topological polar surface area (TPSA) is 61.8 Å². The van der Waals surface area contributed by atoms with E-state index in [1.54, 1.807) is 18.2 Å². The molecule has 2 aromatic carbocycles. The van der Waals surface area contributed by atoms with E-state index in [9.17, 15) is 9.90 Å². The van der Waals surface area contributed by atoms with Gasteiger partial charge >= 0.3 is 0 Å². The first-order valence-electron chi connectivity index (χ1n) is 8.62. The fraction of sp³-hybridized carbons (Fsp3) is 0.350. The summed E-state index contributed by atoms with van der Waals surface area (Å²) < 4.78 is 5.48. The van der Waals surface area contributed by atoms with Crippen LogP contribution in [0.2, 0.25) is 0 Å². The van der Waals surface area contributed by atoms with Crippen molar-refractivity contribution in [3.05, 3.63) is 59.2 Å². The van der Waals surface area contributed by atoms with Gasteiger partial charge in [-0.2, -0.15) is 0 Å². The molecule has 1 aliphatic rings. The number of nitrogens with zero attached hydrogens (tertiary/aromatic N) is 1. The summed E-state index contributed by atoms with van der Waals surface area (Å²) in [5, 5.41) is 13.2. The second-order valence-electron chi connectivity index (χ2n) is 6.21. The van der Waals surface area contributed by atoms with Gasteiger partial charge < -0.3 is 20.1 Å². The molecule has 0 saturated carbocycles. The molecule has 0 aromatic heterocycles. The van der Waals surface area contributed by atoms with E-state index in [-0.39, 0.29) is 12.5 Å². The van der Waals surface area contributed by atoms with Gasteiger partial charge in [0.15, 0.2) is 0 Å². The lowest BCUT2D eigenvalue weighted by Crippen LogP contribution is -2.28. The summed E-state index contributed by atoms with van der Waals surface area (Å²) in [4.78, 5) is 14.6. The number of hydrogen-bond donors (Lipinski definition) is 2. The number of nitrogens with one attached hydrogen (secondary N) is 1. The summed E-state index contributed by atoms with van der Waals surface area (Å²) in [5.74, 6) is 0.307. The quantitative estimate of drug-likeness (QED) is 0.848. The Bertz CT molecular complexity index is 760. The Labute approximate surface area is 148 Å². The third kappa shape index (κ3) is 3.77. The van der Waals surface area contributed by atoms with Crippen LogP contribution in [-0.2, 0) is 6.42 Å². The van der Waals surface area contributed by atoms with Crippen molar-refractivity contribution in [3.8, 4) is 5.75 Å². The highest BCUT2D eigenvalue weighted by Gasteiger charge is 2.19. The molecular weight excluding hydrogens is 316 g/mol. The number of benzene rings is 2. The second-order valence-corrected chi connectivity index (χ2v) is 6.21. The SMILES string of the molecule is CCOc1ccccc1C(=O)NC[C@@H](O)c1ccc2c(c1)CCN2C. The number of anilines is 1. The number of likely N-dealkylation sites (N-methyl/N-ethyl adjacent to an activating group) is 1. The summed E-state index contributed by atoms with van der Waals surface area (Å²) >= 11 is 0. The number of para-hydroxylation sites is 1. The molecule has 2 N–H and O–H groups in total. The first-order chi connectivity index (χ1) is 12.1. The molecule has 5 nitrogen and oxygen atoms in total. The highest BCUT2D eigenvalue weighted by Crippen LogP contribution is 2.29. The van der Waals surface area contributed by atoms with E-state index in [1.807, 2.05) is 31.2 Å². The smallest absolute Gasteiger partial charge is 0.255 e. The van der Waals surface area contributed by atoms with Gasteiger partial charge in [-0.05, 0) is 42.7 Å². The molecule has 3 rings (SSSR count). The zero-order chi connectivity index (χ0) is 17.8. The first kappa shape index (κ1) is 17.3. The molecule has 1 heterocycles. The monoisotopic (exact) mass is 340 g/mol. The zero-order valence-electron chi connectivity index (χ0n) is 14.7. The summed E-state index contributed by atoms with van der Waals surface area (Å²) in [6, 6.07) is 13.1. The predicted octanol–water partition coefficient (Wildman–Crippen LogP) is 2.54. The lowest BCUT2D eigenvalue weighted by Gasteiger charge is -2.16. The van der Waals surface area contributed by atoms with Crippen molar-refractivity contribution in [2.24, 2.45) is 0 Å². The Balaban J connectivity index is 1.64. The molecule has 5 heteroatoms. The zero-order valence-corrected chi connectivity index (χ0v) is 14.7. The summed E-state index contributed by atoms with van der Waals surface area (Å²) in [6.45, 7) is 3.54. The molecule has 0 spiro atoms. The maximum absolute atomic E-state index is 12.4. The average Bonchev–Trinajstić information content (AvgIpc) is 3.00. The molecule has 25 heavy (non-hydrogen) atoms. The van der Waals surface area contributed by atoms with Gasteiger partial charge in [-0.1, -0.05) is 24.3 Å². The standard InChI is InChI=1S/C20H24N2O3/c1-3-25-19-7-5-4-6-16(19)20(24)21-13-18(23)15-8-9-17-14(12-15)10-11-22(17)2/h4-9,12,18,23H,3,10-11,13H2,1-2H3,(H,21,24)/t18-/m1/s1. The van der Waals surface area contributed by atoms with Gasteiger partial charge in [0.1, 0.15) is 5.75 Å². The van der Waals surface area contributed by atoms with Crippen molar-refractivity contribution in [1.29, 1.82) is 0 Å². The molecular formula is C20H24N2O3. The first-order valence-corrected chi connectivity index (χ1v) is 8.62. The summed E-state index contributed by atoms with van der Waals surface area (Å²) in [6.07, 6.45) is 0.250. The second kappa shape index (κ2) is 7.57. The number of carbonyl (C=O) groups excluding carboxylic acids is 1. The van der Waals surface area contributed by atoms with Crippen molar-refractivity contribution in [2.45, 2.75) is 19.4 Å². The number of carbonyl (C=O) groups is 1. The maximum atomic E-state index is 12.4. The van der Waals surface area contributed by atoms with Crippen LogP contribution in [0.15, 0.2) is 42.5 Å². The van der Waals surface area contributed by atoms with Gasteiger partial charge in [-0.3, -0.25) is 4.79 Å². The molecule has 0 radical (unpaired) electrons. The highest BCUT2D eigenvalue weighted by molar-refractivity contribution is 5.96. The van der Waals surface area contributed by atoms with Crippen molar-refractivity contribution in [1.82, 2.24) is 5.32 Å². The van der Waals surface area contributed by atoms with Gasteiger partial charge in [-0.25, -0.2) is 0 Å². The molecule has 0 unspecified atom stereocenters. The van der Waals surface area contributed by atoms with Crippen LogP contribution in [0.25, 0.3) is 0 Å². The third-order valence-electron chi connectivity index (χ3n) is 4.50.